The molecule has 0 saturated heterocycles. The van der Waals surface area contributed by atoms with Gasteiger partial charge in [-0.2, -0.15) is 0 Å². The fourth-order valence-electron chi connectivity index (χ4n) is 3.59. The monoisotopic (exact) mass is 247 g/mol. The van der Waals surface area contributed by atoms with Crippen LogP contribution < -0.4 is 5.32 Å². The second-order valence-corrected chi connectivity index (χ2v) is 5.73. The number of hydrogen-bond donors (Lipinski definition) is 1. The summed E-state index contributed by atoms with van der Waals surface area (Å²) in [6.07, 6.45) is 11.6. The summed E-state index contributed by atoms with van der Waals surface area (Å²) in [7, 11) is 0. The number of hydrogen-bond acceptors (Lipinski definition) is 2. The molecule has 98 valence electrons. The quantitative estimate of drug-likeness (QED) is 0.807. The first-order valence-corrected chi connectivity index (χ1v) is 7.06. The van der Waals surface area contributed by atoms with Crippen LogP contribution in [-0.2, 0) is 11.3 Å². The van der Waals surface area contributed by atoms with Crippen molar-refractivity contribution < 1.29 is 4.79 Å². The van der Waals surface area contributed by atoms with E-state index >= 15 is 0 Å². The molecule has 2 aliphatic rings. The molecule has 3 atom stereocenters. The van der Waals surface area contributed by atoms with E-state index in [0.29, 0.717) is 17.7 Å². The normalized spacial score (nSPS) is 29.7. The second kappa shape index (κ2) is 5.12. The van der Waals surface area contributed by atoms with Gasteiger partial charge in [-0.3, -0.25) is 4.79 Å². The molecular weight excluding hydrogens is 226 g/mol. The first-order valence-electron chi connectivity index (χ1n) is 7.06. The Morgan fingerprint density at radius 1 is 1.39 bits per heavy atom. The summed E-state index contributed by atoms with van der Waals surface area (Å²) in [4.78, 5) is 16.1. The Labute approximate surface area is 108 Å². The van der Waals surface area contributed by atoms with Crippen molar-refractivity contribution in [2.75, 3.05) is 6.54 Å². The standard InChI is InChI=1S/C14H21N3O/c18-14(13-9-11-2-3-12(13)8-11)16-4-1-6-17-7-5-15-10-17/h5,7,10-13H,1-4,6,8-9H2,(H,16,18)/t11-,12+,13-/m0/s1. The van der Waals surface area contributed by atoms with Crippen molar-refractivity contribution in [1.29, 1.82) is 0 Å². The van der Waals surface area contributed by atoms with E-state index in [-0.39, 0.29) is 0 Å². The Kier molecular flexibility index (Phi) is 3.35. The zero-order valence-corrected chi connectivity index (χ0v) is 10.7. The van der Waals surface area contributed by atoms with Gasteiger partial charge in [0.2, 0.25) is 5.91 Å². The molecule has 1 aromatic rings. The number of carbonyl (C=O) groups is 1. The summed E-state index contributed by atoms with van der Waals surface area (Å²) < 4.78 is 2.05. The van der Waals surface area contributed by atoms with Crippen LogP contribution in [0.15, 0.2) is 18.7 Å². The van der Waals surface area contributed by atoms with Crippen molar-refractivity contribution in [3.05, 3.63) is 18.7 Å². The van der Waals surface area contributed by atoms with Gasteiger partial charge >= 0.3 is 0 Å². The van der Waals surface area contributed by atoms with Crippen molar-refractivity contribution in [2.45, 2.75) is 38.6 Å². The van der Waals surface area contributed by atoms with Crippen molar-refractivity contribution in [1.82, 2.24) is 14.9 Å². The number of amides is 1. The lowest BCUT2D eigenvalue weighted by molar-refractivity contribution is -0.126. The number of fused-ring (bicyclic) bond motifs is 2. The summed E-state index contributed by atoms with van der Waals surface area (Å²) in [6.45, 7) is 1.71. The van der Waals surface area contributed by atoms with Crippen LogP contribution in [-0.4, -0.2) is 22.0 Å². The van der Waals surface area contributed by atoms with Crippen molar-refractivity contribution >= 4 is 5.91 Å². The van der Waals surface area contributed by atoms with Gasteiger partial charge in [-0.05, 0) is 37.5 Å². The van der Waals surface area contributed by atoms with E-state index in [2.05, 4.69) is 10.3 Å². The molecule has 1 amide bonds. The minimum absolute atomic E-state index is 0.299. The number of aromatic nitrogens is 2. The molecule has 1 aromatic heterocycles. The lowest BCUT2D eigenvalue weighted by atomic mass is 9.88. The summed E-state index contributed by atoms with van der Waals surface area (Å²) in [5.41, 5.74) is 0. The molecule has 3 rings (SSSR count). The number of nitrogens with zero attached hydrogens (tertiary/aromatic N) is 2. The third kappa shape index (κ3) is 2.42. The highest BCUT2D eigenvalue weighted by Gasteiger charge is 2.42. The molecule has 0 spiro atoms. The van der Waals surface area contributed by atoms with E-state index in [1.165, 1.54) is 19.3 Å². The molecule has 2 aliphatic carbocycles. The zero-order chi connectivity index (χ0) is 12.4. The molecule has 2 saturated carbocycles. The topological polar surface area (TPSA) is 46.9 Å². The van der Waals surface area contributed by atoms with Gasteiger partial charge in [0.15, 0.2) is 0 Å². The highest BCUT2D eigenvalue weighted by Crippen LogP contribution is 2.48. The molecule has 0 radical (unpaired) electrons. The lowest BCUT2D eigenvalue weighted by Crippen LogP contribution is -2.34. The number of nitrogens with one attached hydrogen (secondary N) is 1. The average Bonchev–Trinajstić information content (AvgIpc) is 3.10. The van der Waals surface area contributed by atoms with E-state index in [9.17, 15) is 4.79 Å². The van der Waals surface area contributed by atoms with Gasteiger partial charge in [0.05, 0.1) is 6.33 Å². The lowest BCUT2D eigenvalue weighted by Gasteiger charge is -2.20. The second-order valence-electron chi connectivity index (χ2n) is 5.73. The van der Waals surface area contributed by atoms with Crippen molar-refractivity contribution in [2.24, 2.45) is 17.8 Å². The van der Waals surface area contributed by atoms with Gasteiger partial charge in [0, 0.05) is 31.4 Å². The van der Waals surface area contributed by atoms with Crippen LogP contribution in [0.5, 0.6) is 0 Å². The molecule has 1 N–H and O–H groups in total. The molecule has 18 heavy (non-hydrogen) atoms. The summed E-state index contributed by atoms with van der Waals surface area (Å²) in [6, 6.07) is 0. The predicted molar refractivity (Wildman–Crippen MR) is 68.8 cm³/mol. The highest BCUT2D eigenvalue weighted by atomic mass is 16.1. The van der Waals surface area contributed by atoms with Crippen LogP contribution in [0, 0.1) is 17.8 Å². The van der Waals surface area contributed by atoms with E-state index in [0.717, 1.165) is 31.8 Å². The molecule has 4 nitrogen and oxygen atoms in total. The Hall–Kier alpha value is -1.32. The molecule has 2 bridgehead atoms. The van der Waals surface area contributed by atoms with Crippen LogP contribution >= 0.6 is 0 Å². The first kappa shape index (κ1) is 11.8. The van der Waals surface area contributed by atoms with Crippen LogP contribution in [0.3, 0.4) is 0 Å². The van der Waals surface area contributed by atoms with Gasteiger partial charge in [-0.1, -0.05) is 6.42 Å². The van der Waals surface area contributed by atoms with Crippen molar-refractivity contribution in [3.8, 4) is 0 Å². The summed E-state index contributed by atoms with van der Waals surface area (Å²) >= 11 is 0. The Morgan fingerprint density at radius 2 is 2.33 bits per heavy atom. The van der Waals surface area contributed by atoms with Crippen LogP contribution in [0.4, 0.5) is 0 Å². The molecule has 1 heterocycles. The van der Waals surface area contributed by atoms with Crippen molar-refractivity contribution in [3.63, 3.8) is 0 Å². The van der Waals surface area contributed by atoms with Crippen LogP contribution in [0.25, 0.3) is 0 Å². The first-order chi connectivity index (χ1) is 8.83. The molecule has 0 unspecified atom stereocenters. The average molecular weight is 247 g/mol. The Morgan fingerprint density at radius 3 is 3.00 bits per heavy atom. The molecular formula is C14H21N3O. The van der Waals surface area contributed by atoms with Gasteiger partial charge in [-0.25, -0.2) is 4.98 Å². The largest absolute Gasteiger partial charge is 0.356 e. The fraction of sp³-hybridized carbons (Fsp3) is 0.714. The number of rotatable bonds is 5. The fourth-order valence-corrected chi connectivity index (χ4v) is 3.59. The van der Waals surface area contributed by atoms with Crippen LogP contribution in [0.2, 0.25) is 0 Å². The smallest absolute Gasteiger partial charge is 0.223 e. The maximum atomic E-state index is 12.1. The van der Waals surface area contributed by atoms with E-state index in [4.69, 9.17) is 0 Å². The molecule has 4 heteroatoms. The maximum absolute atomic E-state index is 12.1. The van der Waals surface area contributed by atoms with Crippen LogP contribution in [0.1, 0.15) is 32.1 Å². The predicted octanol–water partition coefficient (Wildman–Crippen LogP) is 1.83. The number of imidazole rings is 1. The summed E-state index contributed by atoms with van der Waals surface area (Å²) in [5, 5.41) is 3.10. The van der Waals surface area contributed by atoms with Gasteiger partial charge in [0.25, 0.3) is 0 Å². The molecule has 2 fully saturated rings. The van der Waals surface area contributed by atoms with E-state index in [1.807, 2.05) is 17.1 Å². The number of aryl methyl sites for hydroxylation is 1. The molecule has 0 aliphatic heterocycles. The van der Waals surface area contributed by atoms with E-state index in [1.54, 1.807) is 6.20 Å². The number of carbonyl (C=O) groups excluding carboxylic acids is 1. The van der Waals surface area contributed by atoms with Gasteiger partial charge in [-0.15, -0.1) is 0 Å². The molecule has 0 aromatic carbocycles. The SMILES string of the molecule is O=C(NCCCn1ccnc1)[C@H]1C[C@H]2CC[C@@H]1C2. The third-order valence-electron chi connectivity index (χ3n) is 4.53. The van der Waals surface area contributed by atoms with E-state index < -0.39 is 0 Å². The van der Waals surface area contributed by atoms with Gasteiger partial charge in [0.1, 0.15) is 0 Å². The maximum Gasteiger partial charge on any atom is 0.223 e. The highest BCUT2D eigenvalue weighted by molar-refractivity contribution is 5.79. The summed E-state index contributed by atoms with van der Waals surface area (Å²) in [5.74, 6) is 2.14. The van der Waals surface area contributed by atoms with Gasteiger partial charge < -0.3 is 9.88 Å². The Bertz CT molecular complexity index is 401. The zero-order valence-electron chi connectivity index (χ0n) is 10.7. The third-order valence-corrected chi connectivity index (χ3v) is 4.53. The minimum atomic E-state index is 0.299. The Balaban J connectivity index is 1.37. The minimum Gasteiger partial charge on any atom is -0.356 e.